The molecule has 1 aromatic heterocycles. The third kappa shape index (κ3) is 21.9. The van der Waals surface area contributed by atoms with Gasteiger partial charge >= 0.3 is 11.9 Å². The Labute approximate surface area is 352 Å². The summed E-state index contributed by atoms with van der Waals surface area (Å²) < 4.78 is 58.1. The van der Waals surface area contributed by atoms with Gasteiger partial charge in [0.05, 0.1) is 68.2 Å². The van der Waals surface area contributed by atoms with Crippen LogP contribution in [0.5, 0.6) is 5.75 Å². The SMILES string of the molecule is CC(C)(C)OC(=O)CCCCCc1ccc(CCOc2ccc(S(=O)(=O)Cc3ccc(C(=O)NCCOCCOCC(=O)NCCOCCOCC(=O)O)cn3)cc2)cc1. The van der Waals surface area contributed by atoms with Gasteiger partial charge in [0, 0.05) is 32.1 Å². The van der Waals surface area contributed by atoms with Crippen molar-refractivity contribution in [2.45, 2.75) is 75.5 Å². The second-order valence-corrected chi connectivity index (χ2v) is 16.6. The summed E-state index contributed by atoms with van der Waals surface area (Å²) >= 11 is 0. The van der Waals surface area contributed by atoms with E-state index in [0.717, 1.165) is 31.2 Å². The maximum absolute atomic E-state index is 13.1. The molecule has 3 aromatic rings. The van der Waals surface area contributed by atoms with Gasteiger partial charge in [0.25, 0.3) is 5.91 Å². The summed E-state index contributed by atoms with van der Waals surface area (Å²) in [6, 6.07) is 17.7. The molecule has 2 amide bonds. The molecule has 0 aliphatic carbocycles. The highest BCUT2D eigenvalue weighted by molar-refractivity contribution is 7.90. The molecule has 16 nitrogen and oxygen atoms in total. The lowest BCUT2D eigenvalue weighted by molar-refractivity contribution is -0.155. The minimum absolute atomic E-state index is 0.133. The van der Waals surface area contributed by atoms with E-state index in [2.05, 4.69) is 39.9 Å². The number of hydrogen-bond donors (Lipinski definition) is 3. The summed E-state index contributed by atoms with van der Waals surface area (Å²) in [5, 5.41) is 13.8. The number of benzene rings is 2. The predicted octanol–water partition coefficient (Wildman–Crippen LogP) is 4.12. The number of ether oxygens (including phenoxy) is 6. The van der Waals surface area contributed by atoms with Gasteiger partial charge in [-0.05, 0) is 87.6 Å². The number of pyridine rings is 1. The standard InChI is InChI=1S/C43H59N3O13S/c1-43(2,3)59-41(50)8-6-4-5-7-33-9-11-34(12-10-33)19-22-58-37-15-17-38(18-16-37)60(52,53)32-36-14-13-35(29-46-36)42(51)45-21-24-55-25-27-56-30-39(47)44-20-23-54-26-28-57-31-40(48)49/h9-18,29H,4-8,19-28,30-32H2,1-3H3,(H,44,47)(H,45,51)(H,48,49). The molecule has 60 heavy (non-hydrogen) atoms. The lowest BCUT2D eigenvalue weighted by atomic mass is 10.0. The van der Waals surface area contributed by atoms with E-state index in [1.165, 1.54) is 36.0 Å². The number of aryl methyl sites for hydroxylation is 1. The summed E-state index contributed by atoms with van der Waals surface area (Å²) in [4.78, 5) is 50.8. The molecule has 3 rings (SSSR count). The number of aromatic nitrogens is 1. The van der Waals surface area contributed by atoms with Gasteiger partial charge in [-0.3, -0.25) is 19.4 Å². The Morgan fingerprint density at radius 2 is 1.30 bits per heavy atom. The quantitative estimate of drug-likeness (QED) is 0.0636. The lowest BCUT2D eigenvalue weighted by Crippen LogP contribution is -2.31. The minimum Gasteiger partial charge on any atom is -0.493 e. The summed E-state index contributed by atoms with van der Waals surface area (Å²) in [5.41, 5.74) is 2.49. The fraction of sp³-hybridized carbons (Fsp3) is 0.512. The van der Waals surface area contributed by atoms with E-state index in [-0.39, 0.29) is 94.0 Å². The van der Waals surface area contributed by atoms with Crippen LogP contribution in [0.25, 0.3) is 0 Å². The van der Waals surface area contributed by atoms with E-state index in [4.69, 9.17) is 33.5 Å². The van der Waals surface area contributed by atoms with Crippen LogP contribution in [-0.4, -0.2) is 120 Å². The Hall–Kier alpha value is -4.94. The summed E-state index contributed by atoms with van der Waals surface area (Å²) in [5.74, 6) is -1.70. The van der Waals surface area contributed by atoms with E-state index in [9.17, 15) is 27.6 Å². The number of rotatable bonds is 30. The third-order valence-corrected chi connectivity index (χ3v) is 10.0. The first-order chi connectivity index (χ1) is 28.7. The van der Waals surface area contributed by atoms with Crippen molar-refractivity contribution in [3.8, 4) is 5.75 Å². The van der Waals surface area contributed by atoms with Gasteiger partial charge in [0.15, 0.2) is 9.84 Å². The molecule has 0 saturated heterocycles. The number of hydrogen-bond acceptors (Lipinski definition) is 13. The Morgan fingerprint density at radius 3 is 1.92 bits per heavy atom. The average Bonchev–Trinajstić information content (AvgIpc) is 3.19. The highest BCUT2D eigenvalue weighted by atomic mass is 32.2. The van der Waals surface area contributed by atoms with E-state index in [1.807, 2.05) is 20.8 Å². The van der Waals surface area contributed by atoms with Gasteiger partial charge in [0.2, 0.25) is 5.91 Å². The fourth-order valence-corrected chi connectivity index (χ4v) is 6.69. The molecule has 17 heteroatoms. The van der Waals surface area contributed by atoms with Gasteiger partial charge in [-0.2, -0.15) is 0 Å². The molecule has 0 saturated carbocycles. The minimum atomic E-state index is -3.71. The first-order valence-electron chi connectivity index (χ1n) is 20.0. The van der Waals surface area contributed by atoms with E-state index < -0.39 is 27.3 Å². The van der Waals surface area contributed by atoms with Crippen LogP contribution >= 0.6 is 0 Å². The molecular weight excluding hydrogens is 799 g/mol. The topological polar surface area (TPSA) is 215 Å². The molecule has 0 bridgehead atoms. The first-order valence-corrected chi connectivity index (χ1v) is 21.6. The van der Waals surface area contributed by atoms with Crippen molar-refractivity contribution in [1.82, 2.24) is 15.6 Å². The van der Waals surface area contributed by atoms with E-state index in [0.29, 0.717) is 30.9 Å². The number of carboxylic acids is 1. The zero-order valence-corrected chi connectivity index (χ0v) is 35.6. The van der Waals surface area contributed by atoms with Crippen molar-refractivity contribution in [2.24, 2.45) is 0 Å². The number of sulfone groups is 1. The lowest BCUT2D eigenvalue weighted by Gasteiger charge is -2.19. The van der Waals surface area contributed by atoms with Crippen LogP contribution in [0.2, 0.25) is 0 Å². The maximum atomic E-state index is 13.1. The number of carboxylic acid groups (broad SMARTS) is 1. The first kappa shape index (κ1) is 49.4. The molecule has 0 atom stereocenters. The number of aliphatic carboxylic acids is 1. The highest BCUT2D eigenvalue weighted by Crippen LogP contribution is 2.20. The van der Waals surface area contributed by atoms with Gasteiger partial charge in [-0.1, -0.05) is 30.7 Å². The second kappa shape index (κ2) is 27.0. The molecule has 0 radical (unpaired) electrons. The molecule has 0 aliphatic heterocycles. The zero-order chi connectivity index (χ0) is 43.6. The molecule has 0 aliphatic rings. The Morgan fingerprint density at radius 1 is 0.683 bits per heavy atom. The molecule has 330 valence electrons. The number of nitrogens with one attached hydrogen (secondary N) is 2. The van der Waals surface area contributed by atoms with Gasteiger partial charge in [-0.25, -0.2) is 13.2 Å². The summed E-state index contributed by atoms with van der Waals surface area (Å²) in [6.07, 6.45) is 6.19. The van der Waals surface area contributed by atoms with Crippen molar-refractivity contribution >= 4 is 33.6 Å². The molecule has 1 heterocycles. The molecule has 0 fully saturated rings. The monoisotopic (exact) mass is 857 g/mol. The largest absolute Gasteiger partial charge is 0.493 e. The Bertz CT molecular complexity index is 1850. The summed E-state index contributed by atoms with van der Waals surface area (Å²) in [6.45, 7) is 7.18. The third-order valence-electron chi connectivity index (χ3n) is 8.36. The normalized spacial score (nSPS) is 11.5. The average molecular weight is 858 g/mol. The van der Waals surface area contributed by atoms with Crippen LogP contribution in [0.15, 0.2) is 71.8 Å². The predicted molar refractivity (Wildman–Crippen MR) is 221 cm³/mol. The van der Waals surface area contributed by atoms with Crippen molar-refractivity contribution in [1.29, 1.82) is 0 Å². The van der Waals surface area contributed by atoms with Gasteiger partial charge in [0.1, 0.15) is 24.6 Å². The Balaban J connectivity index is 1.24. The zero-order valence-electron chi connectivity index (χ0n) is 34.8. The highest BCUT2D eigenvalue weighted by Gasteiger charge is 2.18. The van der Waals surface area contributed by atoms with Crippen LogP contribution in [0, 0.1) is 0 Å². The number of carbonyl (C=O) groups is 4. The number of carbonyl (C=O) groups excluding carboxylic acids is 3. The van der Waals surface area contributed by atoms with Crippen molar-refractivity contribution < 1.29 is 61.1 Å². The molecule has 2 aromatic carbocycles. The molecule has 0 spiro atoms. The smallest absolute Gasteiger partial charge is 0.329 e. The molecule has 3 N–H and O–H groups in total. The van der Waals surface area contributed by atoms with Crippen molar-refractivity contribution in [3.05, 3.63) is 89.2 Å². The number of esters is 1. The molecular formula is C43H59N3O13S. The fourth-order valence-electron chi connectivity index (χ4n) is 5.41. The van der Waals surface area contributed by atoms with Gasteiger partial charge in [-0.15, -0.1) is 0 Å². The Kier molecular flexibility index (Phi) is 22.3. The van der Waals surface area contributed by atoms with Crippen LogP contribution < -0.4 is 15.4 Å². The van der Waals surface area contributed by atoms with Gasteiger partial charge < -0.3 is 44.2 Å². The number of nitrogens with zero attached hydrogens (tertiary/aromatic N) is 1. The van der Waals surface area contributed by atoms with Crippen LogP contribution in [0.1, 0.15) is 73.6 Å². The van der Waals surface area contributed by atoms with Crippen molar-refractivity contribution in [3.63, 3.8) is 0 Å². The number of unbranched alkanes of at least 4 members (excludes halogenated alkanes) is 2. The maximum Gasteiger partial charge on any atom is 0.329 e. The molecule has 0 unspecified atom stereocenters. The number of amides is 2. The summed E-state index contributed by atoms with van der Waals surface area (Å²) in [7, 11) is -3.71. The van der Waals surface area contributed by atoms with Crippen LogP contribution in [0.3, 0.4) is 0 Å². The van der Waals surface area contributed by atoms with E-state index >= 15 is 0 Å². The van der Waals surface area contributed by atoms with Crippen molar-refractivity contribution in [2.75, 3.05) is 72.6 Å². The second-order valence-electron chi connectivity index (χ2n) is 14.7. The van der Waals surface area contributed by atoms with Crippen LogP contribution in [-0.2, 0) is 66.5 Å². The van der Waals surface area contributed by atoms with E-state index in [1.54, 1.807) is 12.1 Å². The van der Waals surface area contributed by atoms with Crippen LogP contribution in [0.4, 0.5) is 0 Å².